The maximum absolute atomic E-state index is 5.92. The molecule has 0 atom stereocenters. The molecule has 0 saturated carbocycles. The van der Waals surface area contributed by atoms with Crippen LogP contribution in [-0.4, -0.2) is 15.0 Å². The molecular weight excluding hydrogens is 376 g/mol. The summed E-state index contributed by atoms with van der Waals surface area (Å²) >= 11 is 7.58. The van der Waals surface area contributed by atoms with Crippen molar-refractivity contribution in [2.75, 3.05) is 5.32 Å². The molecular formula is C21H17ClN4S. The molecule has 4 aromatic rings. The Morgan fingerprint density at radius 2 is 1.74 bits per heavy atom. The zero-order valence-corrected chi connectivity index (χ0v) is 16.3. The van der Waals surface area contributed by atoms with E-state index in [-0.39, 0.29) is 5.28 Å². The van der Waals surface area contributed by atoms with Gasteiger partial charge in [-0.3, -0.25) is 0 Å². The molecule has 0 bridgehead atoms. The molecule has 0 amide bonds. The third-order valence-corrected chi connectivity index (χ3v) is 5.11. The highest BCUT2D eigenvalue weighted by molar-refractivity contribution is 7.13. The highest BCUT2D eigenvalue weighted by Crippen LogP contribution is 2.29. The Bertz CT molecular complexity index is 1040. The van der Waals surface area contributed by atoms with Crippen LogP contribution in [0.1, 0.15) is 11.3 Å². The van der Waals surface area contributed by atoms with Gasteiger partial charge in [-0.25, -0.2) is 15.0 Å². The third kappa shape index (κ3) is 4.32. The minimum Gasteiger partial charge on any atom is -0.366 e. The van der Waals surface area contributed by atoms with Crippen molar-refractivity contribution < 1.29 is 0 Å². The van der Waals surface area contributed by atoms with Crippen molar-refractivity contribution in [3.63, 3.8) is 0 Å². The molecule has 2 aromatic heterocycles. The SMILES string of the molecule is Cc1cc(NCc2cccc(-c3nc(-c4ccccc4)cs3)c2)nc(Cl)n1. The number of nitrogens with one attached hydrogen (secondary N) is 1. The van der Waals surface area contributed by atoms with Crippen LogP contribution in [0.15, 0.2) is 66.0 Å². The van der Waals surface area contributed by atoms with Gasteiger partial charge in [-0.05, 0) is 30.2 Å². The molecule has 4 rings (SSSR count). The predicted octanol–water partition coefficient (Wildman–Crippen LogP) is 5.84. The molecule has 6 heteroatoms. The Morgan fingerprint density at radius 1 is 0.926 bits per heavy atom. The molecule has 0 aliphatic rings. The van der Waals surface area contributed by atoms with Gasteiger partial charge >= 0.3 is 0 Å². The van der Waals surface area contributed by atoms with Gasteiger partial charge in [0, 0.05) is 34.8 Å². The number of hydrogen-bond donors (Lipinski definition) is 1. The van der Waals surface area contributed by atoms with Crippen molar-refractivity contribution in [3.8, 4) is 21.8 Å². The average molecular weight is 393 g/mol. The van der Waals surface area contributed by atoms with Crippen LogP contribution in [0.2, 0.25) is 5.28 Å². The van der Waals surface area contributed by atoms with Gasteiger partial charge in [-0.15, -0.1) is 11.3 Å². The second-order valence-corrected chi connectivity index (χ2v) is 7.32. The van der Waals surface area contributed by atoms with Crippen LogP contribution in [-0.2, 0) is 6.54 Å². The van der Waals surface area contributed by atoms with Crippen molar-refractivity contribution in [2.24, 2.45) is 0 Å². The quantitative estimate of drug-likeness (QED) is 0.433. The second kappa shape index (κ2) is 7.86. The van der Waals surface area contributed by atoms with Gasteiger partial charge in [0.15, 0.2) is 0 Å². The first-order valence-corrected chi connectivity index (χ1v) is 9.78. The van der Waals surface area contributed by atoms with Crippen molar-refractivity contribution in [1.29, 1.82) is 0 Å². The average Bonchev–Trinajstić information content (AvgIpc) is 3.17. The van der Waals surface area contributed by atoms with Gasteiger partial charge in [-0.2, -0.15) is 0 Å². The van der Waals surface area contributed by atoms with E-state index in [1.54, 1.807) is 11.3 Å². The second-order valence-electron chi connectivity index (χ2n) is 6.12. The van der Waals surface area contributed by atoms with E-state index in [4.69, 9.17) is 16.6 Å². The Balaban J connectivity index is 1.52. The van der Waals surface area contributed by atoms with Gasteiger partial charge in [0.25, 0.3) is 0 Å². The lowest BCUT2D eigenvalue weighted by Crippen LogP contribution is -2.03. The number of halogens is 1. The molecule has 2 aromatic carbocycles. The smallest absolute Gasteiger partial charge is 0.224 e. The van der Waals surface area contributed by atoms with Crippen molar-refractivity contribution >= 4 is 28.8 Å². The molecule has 4 nitrogen and oxygen atoms in total. The molecule has 0 aliphatic carbocycles. The minimum atomic E-state index is 0.252. The highest BCUT2D eigenvalue weighted by Gasteiger charge is 2.07. The summed E-state index contributed by atoms with van der Waals surface area (Å²) in [7, 11) is 0. The fraction of sp³-hybridized carbons (Fsp3) is 0.0952. The van der Waals surface area contributed by atoms with E-state index in [0.717, 1.165) is 38.9 Å². The summed E-state index contributed by atoms with van der Waals surface area (Å²) in [6.07, 6.45) is 0. The topological polar surface area (TPSA) is 50.7 Å². The maximum atomic E-state index is 5.92. The first-order valence-electron chi connectivity index (χ1n) is 8.53. The molecule has 2 heterocycles. The molecule has 0 spiro atoms. The number of rotatable bonds is 5. The normalized spacial score (nSPS) is 10.7. The first kappa shape index (κ1) is 17.6. The van der Waals surface area contributed by atoms with Crippen molar-refractivity contribution in [1.82, 2.24) is 15.0 Å². The largest absolute Gasteiger partial charge is 0.366 e. The molecule has 134 valence electrons. The zero-order chi connectivity index (χ0) is 18.6. The first-order chi connectivity index (χ1) is 13.2. The summed E-state index contributed by atoms with van der Waals surface area (Å²) in [5.41, 5.74) is 5.23. The molecule has 27 heavy (non-hydrogen) atoms. The standard InChI is InChI=1S/C21H17ClN4S/c1-14-10-19(26-21(22)24-14)23-12-15-6-5-9-17(11-15)20-25-18(13-27-20)16-7-3-2-4-8-16/h2-11,13H,12H2,1H3,(H,23,24,26). The third-order valence-electron chi connectivity index (χ3n) is 4.05. The van der Waals surface area contributed by atoms with E-state index in [0.29, 0.717) is 6.54 Å². The number of aromatic nitrogens is 3. The van der Waals surface area contributed by atoms with Crippen LogP contribution in [0.3, 0.4) is 0 Å². The fourth-order valence-corrected chi connectivity index (χ4v) is 3.83. The summed E-state index contributed by atoms with van der Waals surface area (Å²) in [6, 6.07) is 20.5. The number of anilines is 1. The van der Waals surface area contributed by atoms with Crippen LogP contribution < -0.4 is 5.32 Å². The van der Waals surface area contributed by atoms with Gasteiger partial charge in [-0.1, -0.05) is 48.5 Å². The Morgan fingerprint density at radius 3 is 2.56 bits per heavy atom. The predicted molar refractivity (Wildman–Crippen MR) is 112 cm³/mol. The molecule has 1 N–H and O–H groups in total. The van der Waals surface area contributed by atoms with E-state index < -0.39 is 0 Å². The summed E-state index contributed by atoms with van der Waals surface area (Å²) < 4.78 is 0. The van der Waals surface area contributed by atoms with Gasteiger partial charge in [0.2, 0.25) is 5.28 Å². The lowest BCUT2D eigenvalue weighted by Gasteiger charge is -2.07. The van der Waals surface area contributed by atoms with E-state index in [1.807, 2.05) is 37.3 Å². The highest BCUT2D eigenvalue weighted by atomic mass is 35.5. The van der Waals surface area contributed by atoms with E-state index >= 15 is 0 Å². The monoisotopic (exact) mass is 392 g/mol. The Kier molecular flexibility index (Phi) is 5.14. The number of thiazole rings is 1. The van der Waals surface area contributed by atoms with E-state index in [9.17, 15) is 0 Å². The summed E-state index contributed by atoms with van der Waals surface area (Å²) in [4.78, 5) is 13.1. The maximum Gasteiger partial charge on any atom is 0.224 e. The van der Waals surface area contributed by atoms with Crippen LogP contribution in [0.5, 0.6) is 0 Å². The lowest BCUT2D eigenvalue weighted by atomic mass is 10.1. The summed E-state index contributed by atoms with van der Waals surface area (Å²) in [6.45, 7) is 2.55. The van der Waals surface area contributed by atoms with Crippen LogP contribution in [0, 0.1) is 6.92 Å². The van der Waals surface area contributed by atoms with Gasteiger partial charge < -0.3 is 5.32 Å². The van der Waals surface area contributed by atoms with E-state index in [2.05, 4.69) is 51.0 Å². The number of nitrogens with zero attached hydrogens (tertiary/aromatic N) is 3. The Hall–Kier alpha value is -2.76. The zero-order valence-electron chi connectivity index (χ0n) is 14.7. The molecule has 0 radical (unpaired) electrons. The molecule has 0 saturated heterocycles. The van der Waals surface area contributed by atoms with Gasteiger partial charge in [0.05, 0.1) is 5.69 Å². The molecule has 0 aliphatic heterocycles. The number of benzene rings is 2. The minimum absolute atomic E-state index is 0.252. The van der Waals surface area contributed by atoms with Crippen molar-refractivity contribution in [3.05, 3.63) is 82.6 Å². The van der Waals surface area contributed by atoms with Crippen LogP contribution >= 0.6 is 22.9 Å². The van der Waals surface area contributed by atoms with Crippen molar-refractivity contribution in [2.45, 2.75) is 13.5 Å². The summed E-state index contributed by atoms with van der Waals surface area (Å²) in [5, 5.41) is 6.66. The fourth-order valence-electron chi connectivity index (χ4n) is 2.78. The summed E-state index contributed by atoms with van der Waals surface area (Å²) in [5.74, 6) is 0.721. The lowest BCUT2D eigenvalue weighted by molar-refractivity contribution is 1.05. The van der Waals surface area contributed by atoms with E-state index in [1.165, 1.54) is 0 Å². The Labute approximate surface area is 166 Å². The molecule has 0 fully saturated rings. The van der Waals surface area contributed by atoms with Crippen LogP contribution in [0.25, 0.3) is 21.8 Å². The molecule has 0 unspecified atom stereocenters. The van der Waals surface area contributed by atoms with Gasteiger partial charge in [0.1, 0.15) is 10.8 Å². The van der Waals surface area contributed by atoms with Crippen LogP contribution in [0.4, 0.5) is 5.82 Å². The number of hydrogen-bond acceptors (Lipinski definition) is 5. The number of aryl methyl sites for hydroxylation is 1.